The van der Waals surface area contributed by atoms with Gasteiger partial charge >= 0.3 is 12.0 Å². The second kappa shape index (κ2) is 15.1. The van der Waals surface area contributed by atoms with E-state index in [0.29, 0.717) is 25.3 Å². The third kappa shape index (κ3) is 7.39. The minimum atomic E-state index is -1.36. The standard InChI is InChI=1S/C36H37F2N5O4/c1-2-31-32(34(45)47-22-25-9-5-3-6-10-25)33(29-14-13-27(37)21-30(29)38)43(35(46)41-31)42(24-44)20-19-40-28-15-17-36(23-39,18-16-28)26-11-7-4-8-12-26/h3-14,21,24,28,32-33,40H,2,15-20,22H2,1H3. The van der Waals surface area contributed by atoms with Gasteiger partial charge in [0.2, 0.25) is 6.41 Å². The maximum Gasteiger partial charge on any atom is 0.362 e. The van der Waals surface area contributed by atoms with E-state index in [4.69, 9.17) is 4.74 Å². The molecule has 0 aromatic heterocycles. The van der Waals surface area contributed by atoms with Gasteiger partial charge in [-0.05, 0) is 49.3 Å². The van der Waals surface area contributed by atoms with Gasteiger partial charge in [-0.2, -0.15) is 5.26 Å². The van der Waals surface area contributed by atoms with Crippen LogP contribution in [0.25, 0.3) is 0 Å². The molecule has 1 N–H and O–H groups in total. The topological polar surface area (TPSA) is 115 Å². The maximum absolute atomic E-state index is 15.4. The summed E-state index contributed by atoms with van der Waals surface area (Å²) in [6, 6.07) is 22.0. The summed E-state index contributed by atoms with van der Waals surface area (Å²) in [7, 11) is 0. The Kier molecular flexibility index (Phi) is 10.7. The van der Waals surface area contributed by atoms with Gasteiger partial charge in [-0.1, -0.05) is 73.7 Å². The molecule has 0 spiro atoms. The van der Waals surface area contributed by atoms with Crippen molar-refractivity contribution in [2.45, 2.75) is 63.1 Å². The highest BCUT2D eigenvalue weighted by Crippen LogP contribution is 2.40. The van der Waals surface area contributed by atoms with Gasteiger partial charge in [0.1, 0.15) is 30.2 Å². The van der Waals surface area contributed by atoms with Crippen LogP contribution in [0.2, 0.25) is 0 Å². The second-order valence-corrected chi connectivity index (χ2v) is 11.8. The largest absolute Gasteiger partial charge is 0.460 e. The fourth-order valence-corrected chi connectivity index (χ4v) is 6.52. The highest BCUT2D eigenvalue weighted by Gasteiger charge is 2.47. The molecule has 5 rings (SSSR count). The third-order valence-electron chi connectivity index (χ3n) is 9.05. The average Bonchev–Trinajstić information content (AvgIpc) is 3.10. The number of nitrogens with one attached hydrogen (secondary N) is 1. The average molecular weight is 642 g/mol. The number of esters is 1. The molecule has 0 radical (unpaired) electrons. The smallest absolute Gasteiger partial charge is 0.362 e. The van der Waals surface area contributed by atoms with Crippen LogP contribution in [0.3, 0.4) is 0 Å². The summed E-state index contributed by atoms with van der Waals surface area (Å²) in [5.41, 5.74) is 1.19. The lowest BCUT2D eigenvalue weighted by molar-refractivity contribution is -0.154. The van der Waals surface area contributed by atoms with Crippen molar-refractivity contribution in [1.29, 1.82) is 5.26 Å². The fourth-order valence-electron chi connectivity index (χ4n) is 6.52. The quantitative estimate of drug-likeness (QED) is 0.191. The fraction of sp³-hybridized carbons (Fsp3) is 0.361. The number of hydrogen-bond acceptors (Lipinski definition) is 6. The number of hydrazine groups is 1. The molecule has 1 fully saturated rings. The number of carbonyl (C=O) groups excluding carboxylic acids is 3. The summed E-state index contributed by atoms with van der Waals surface area (Å²) in [6.07, 6.45) is 3.41. The molecule has 2 unspecified atom stereocenters. The number of rotatable bonds is 12. The molecule has 0 bridgehead atoms. The molecule has 1 heterocycles. The van der Waals surface area contributed by atoms with Gasteiger partial charge in [0, 0.05) is 29.9 Å². The minimum Gasteiger partial charge on any atom is -0.460 e. The van der Waals surface area contributed by atoms with Gasteiger partial charge in [0.25, 0.3) is 0 Å². The molecule has 11 heteroatoms. The number of hydrogen-bond donors (Lipinski definition) is 1. The summed E-state index contributed by atoms with van der Waals surface area (Å²) >= 11 is 0. The molecule has 47 heavy (non-hydrogen) atoms. The Morgan fingerprint density at radius 1 is 1.11 bits per heavy atom. The monoisotopic (exact) mass is 641 g/mol. The van der Waals surface area contributed by atoms with E-state index in [2.05, 4.69) is 16.4 Å². The van der Waals surface area contributed by atoms with Crippen LogP contribution < -0.4 is 5.32 Å². The van der Waals surface area contributed by atoms with E-state index in [0.717, 1.165) is 40.1 Å². The van der Waals surface area contributed by atoms with Crippen molar-refractivity contribution in [1.82, 2.24) is 15.3 Å². The highest BCUT2D eigenvalue weighted by molar-refractivity contribution is 6.09. The number of amides is 3. The van der Waals surface area contributed by atoms with Gasteiger partial charge < -0.3 is 10.1 Å². The molecular formula is C36H37F2N5O4. The summed E-state index contributed by atoms with van der Waals surface area (Å²) in [5.74, 6) is -3.82. The van der Waals surface area contributed by atoms with Crippen molar-refractivity contribution >= 4 is 24.1 Å². The van der Waals surface area contributed by atoms with Crippen LogP contribution >= 0.6 is 0 Å². The summed E-state index contributed by atoms with van der Waals surface area (Å²) in [5, 5.41) is 15.5. The lowest BCUT2D eigenvalue weighted by atomic mass is 9.69. The highest BCUT2D eigenvalue weighted by atomic mass is 19.1. The first-order valence-electron chi connectivity index (χ1n) is 15.8. The van der Waals surface area contributed by atoms with Crippen LogP contribution in [0.15, 0.2) is 83.9 Å². The first-order chi connectivity index (χ1) is 22.8. The molecule has 3 amide bonds. The Balaban J connectivity index is 1.35. The Morgan fingerprint density at radius 3 is 2.40 bits per heavy atom. The zero-order valence-corrected chi connectivity index (χ0v) is 26.1. The van der Waals surface area contributed by atoms with Gasteiger partial charge in [-0.3, -0.25) is 14.6 Å². The molecule has 2 atom stereocenters. The second-order valence-electron chi connectivity index (χ2n) is 11.8. The molecule has 9 nitrogen and oxygen atoms in total. The summed E-state index contributed by atoms with van der Waals surface area (Å²) < 4.78 is 35.1. The van der Waals surface area contributed by atoms with Crippen molar-refractivity contribution in [3.63, 3.8) is 0 Å². The van der Waals surface area contributed by atoms with Crippen LogP contribution in [-0.2, 0) is 26.3 Å². The van der Waals surface area contributed by atoms with E-state index in [1.165, 1.54) is 6.07 Å². The lowest BCUT2D eigenvalue weighted by Gasteiger charge is -2.43. The molecule has 0 saturated heterocycles. The third-order valence-corrected chi connectivity index (χ3v) is 9.05. The molecule has 2 aliphatic rings. The lowest BCUT2D eigenvalue weighted by Crippen LogP contribution is -2.56. The van der Waals surface area contributed by atoms with E-state index >= 15 is 4.39 Å². The number of nitriles is 1. The van der Waals surface area contributed by atoms with E-state index in [9.17, 15) is 24.0 Å². The Hall–Kier alpha value is -4.95. The number of carbonyl (C=O) groups is 3. The van der Waals surface area contributed by atoms with E-state index < -0.39 is 41.0 Å². The molecule has 1 aliphatic carbocycles. The first-order valence-corrected chi connectivity index (χ1v) is 15.8. The number of urea groups is 1. The van der Waals surface area contributed by atoms with Crippen LogP contribution in [-0.4, -0.2) is 53.3 Å². The van der Waals surface area contributed by atoms with E-state index in [1.54, 1.807) is 31.2 Å². The zero-order valence-electron chi connectivity index (χ0n) is 26.1. The number of aliphatic imine (C=N–C) groups is 1. The van der Waals surface area contributed by atoms with Crippen molar-refractivity contribution < 1.29 is 27.9 Å². The van der Waals surface area contributed by atoms with Crippen LogP contribution in [0.5, 0.6) is 0 Å². The predicted octanol–water partition coefficient (Wildman–Crippen LogP) is 6.02. The molecule has 1 aliphatic heterocycles. The summed E-state index contributed by atoms with van der Waals surface area (Å²) in [4.78, 5) is 43.9. The van der Waals surface area contributed by atoms with Crippen molar-refractivity contribution in [3.8, 4) is 6.07 Å². The Morgan fingerprint density at radius 2 is 1.79 bits per heavy atom. The van der Waals surface area contributed by atoms with Gasteiger partial charge in [0.15, 0.2) is 0 Å². The van der Waals surface area contributed by atoms with Gasteiger partial charge in [-0.25, -0.2) is 23.6 Å². The molecule has 3 aromatic rings. The van der Waals surface area contributed by atoms with Crippen molar-refractivity contribution in [2.24, 2.45) is 10.9 Å². The van der Waals surface area contributed by atoms with Gasteiger partial charge in [0.05, 0.1) is 18.0 Å². The van der Waals surface area contributed by atoms with Crippen LogP contribution in [0.4, 0.5) is 13.6 Å². The Labute approximate surface area is 272 Å². The predicted molar refractivity (Wildman–Crippen MR) is 171 cm³/mol. The molecule has 1 saturated carbocycles. The number of benzene rings is 3. The van der Waals surface area contributed by atoms with Gasteiger partial charge in [-0.15, -0.1) is 0 Å². The van der Waals surface area contributed by atoms with Crippen molar-refractivity contribution in [2.75, 3.05) is 13.1 Å². The Bertz CT molecular complexity index is 1640. The number of ether oxygens (including phenoxy) is 1. The number of nitrogens with zero attached hydrogens (tertiary/aromatic N) is 4. The minimum absolute atomic E-state index is 0.00407. The van der Waals surface area contributed by atoms with Crippen molar-refractivity contribution in [3.05, 3.63) is 107 Å². The van der Waals surface area contributed by atoms with Crippen LogP contribution in [0.1, 0.15) is 61.8 Å². The van der Waals surface area contributed by atoms with E-state index in [1.807, 2.05) is 36.4 Å². The molecule has 3 aromatic carbocycles. The number of halogens is 2. The summed E-state index contributed by atoms with van der Waals surface area (Å²) in [6.45, 7) is 1.90. The first kappa shape index (κ1) is 33.4. The molecular weight excluding hydrogens is 604 g/mol. The maximum atomic E-state index is 15.4. The molecule has 244 valence electrons. The van der Waals surface area contributed by atoms with Crippen LogP contribution in [0, 0.1) is 28.9 Å². The zero-order chi connectivity index (χ0) is 33.4. The van der Waals surface area contributed by atoms with E-state index in [-0.39, 0.29) is 43.4 Å². The SMILES string of the molecule is CCC1=NC(=O)N(N(C=O)CCNC2CCC(C#N)(c3ccccc3)CC2)C(c2ccc(F)cc2F)C1C(=O)OCc1ccccc1. The normalized spacial score (nSPS) is 22.6.